The summed E-state index contributed by atoms with van der Waals surface area (Å²) in [7, 11) is 0.678. The number of benzene rings is 2. The summed E-state index contributed by atoms with van der Waals surface area (Å²) in [6, 6.07) is 9.32. The van der Waals surface area contributed by atoms with E-state index in [-0.39, 0.29) is 16.4 Å². The average molecular weight is 511 g/mol. The highest BCUT2D eigenvalue weighted by Crippen LogP contribution is 2.43. The highest BCUT2D eigenvalue weighted by molar-refractivity contribution is 5.98. The van der Waals surface area contributed by atoms with Crippen LogP contribution in [0.15, 0.2) is 60.7 Å². The minimum absolute atomic E-state index is 0.00639. The molecule has 5 nitrogen and oxygen atoms in total. The van der Waals surface area contributed by atoms with E-state index in [9.17, 15) is 44.3 Å². The molecule has 35 heavy (non-hydrogen) atoms. The van der Waals surface area contributed by atoms with Crippen LogP contribution in [-0.4, -0.2) is 29.0 Å². The number of alkyl halides is 9. The van der Waals surface area contributed by atoms with Gasteiger partial charge in [-0.25, -0.2) is 4.68 Å². The first-order valence-corrected chi connectivity index (χ1v) is 9.45. The Kier molecular flexibility index (Phi) is 6.63. The molecular formula is C21H14F9N3O2. The number of anilines is 1. The van der Waals surface area contributed by atoms with Crippen LogP contribution in [0.3, 0.4) is 0 Å². The number of ether oxygens (including phenoxy) is 1. The van der Waals surface area contributed by atoms with Gasteiger partial charge in [-0.05, 0) is 24.3 Å². The standard InChI is InChI=1S/C21H14F9N3O2/c1-35-18(21(28,29)30,12-5-3-2-4-6-12)17(34)31-13-7-9-14(10-8-13)33-16(20(25,26)27)11-15(32-33)19(22,23)24/h2-11H,1H3,(H,31,34). The predicted octanol–water partition coefficient (Wildman–Crippen LogP) is 5.95. The number of halogens is 9. The van der Waals surface area contributed by atoms with Crippen LogP contribution in [0.25, 0.3) is 5.69 Å². The number of nitrogens with one attached hydrogen (secondary N) is 1. The lowest BCUT2D eigenvalue weighted by Crippen LogP contribution is -2.53. The molecule has 1 aromatic heterocycles. The Bertz CT molecular complexity index is 1180. The zero-order valence-electron chi connectivity index (χ0n) is 17.4. The van der Waals surface area contributed by atoms with Crippen molar-refractivity contribution in [3.63, 3.8) is 0 Å². The summed E-state index contributed by atoms with van der Waals surface area (Å²) in [4.78, 5) is 12.7. The minimum Gasteiger partial charge on any atom is -0.356 e. The van der Waals surface area contributed by atoms with Crippen molar-refractivity contribution in [1.29, 1.82) is 0 Å². The van der Waals surface area contributed by atoms with Crippen LogP contribution in [0.5, 0.6) is 0 Å². The number of hydrogen-bond donors (Lipinski definition) is 1. The maximum atomic E-state index is 14.0. The van der Waals surface area contributed by atoms with Gasteiger partial charge in [-0.3, -0.25) is 4.79 Å². The van der Waals surface area contributed by atoms with Gasteiger partial charge in [0.15, 0.2) is 5.69 Å². The molecule has 1 unspecified atom stereocenters. The molecule has 0 aliphatic carbocycles. The normalized spacial score (nSPS) is 14.5. The van der Waals surface area contributed by atoms with Crippen molar-refractivity contribution in [2.75, 3.05) is 12.4 Å². The van der Waals surface area contributed by atoms with Gasteiger partial charge in [0.25, 0.3) is 11.5 Å². The van der Waals surface area contributed by atoms with Crippen LogP contribution in [0.2, 0.25) is 0 Å². The first kappa shape index (κ1) is 26.1. The highest BCUT2D eigenvalue weighted by Gasteiger charge is 2.62. The van der Waals surface area contributed by atoms with Gasteiger partial charge >= 0.3 is 18.5 Å². The van der Waals surface area contributed by atoms with E-state index in [1.807, 2.05) is 5.32 Å². The molecule has 0 saturated heterocycles. The fourth-order valence-electron chi connectivity index (χ4n) is 3.25. The van der Waals surface area contributed by atoms with E-state index in [1.165, 1.54) is 18.2 Å². The van der Waals surface area contributed by atoms with Crippen molar-refractivity contribution < 1.29 is 49.0 Å². The molecule has 2 aromatic carbocycles. The molecule has 1 N–H and O–H groups in total. The number of amides is 1. The second-order valence-electron chi connectivity index (χ2n) is 7.07. The summed E-state index contributed by atoms with van der Waals surface area (Å²) < 4.78 is 125. The topological polar surface area (TPSA) is 56.1 Å². The molecule has 1 heterocycles. The van der Waals surface area contributed by atoms with Gasteiger partial charge in [0.05, 0.1) is 5.69 Å². The van der Waals surface area contributed by atoms with Gasteiger partial charge in [-0.1, -0.05) is 30.3 Å². The third-order valence-electron chi connectivity index (χ3n) is 4.87. The van der Waals surface area contributed by atoms with Crippen molar-refractivity contribution in [3.05, 3.63) is 77.6 Å². The smallest absolute Gasteiger partial charge is 0.356 e. The number of methoxy groups -OCH3 is 1. The summed E-state index contributed by atoms with van der Waals surface area (Å²) >= 11 is 0. The summed E-state index contributed by atoms with van der Waals surface area (Å²) in [6.45, 7) is 0. The molecule has 1 atom stereocenters. The zero-order valence-corrected chi connectivity index (χ0v) is 17.4. The molecule has 3 rings (SSSR count). The van der Waals surface area contributed by atoms with Crippen molar-refractivity contribution in [3.8, 4) is 5.69 Å². The van der Waals surface area contributed by atoms with E-state index < -0.39 is 52.7 Å². The van der Waals surface area contributed by atoms with Gasteiger partial charge < -0.3 is 10.1 Å². The Morgan fingerprint density at radius 1 is 0.857 bits per heavy atom. The number of carbonyl (C=O) groups is 1. The number of aromatic nitrogens is 2. The molecule has 0 radical (unpaired) electrons. The van der Waals surface area contributed by atoms with Crippen LogP contribution in [0.4, 0.5) is 45.2 Å². The Balaban J connectivity index is 1.97. The first-order chi connectivity index (χ1) is 16.1. The van der Waals surface area contributed by atoms with Crippen LogP contribution in [0.1, 0.15) is 17.0 Å². The van der Waals surface area contributed by atoms with Crippen LogP contribution in [0, 0.1) is 0 Å². The molecule has 1 amide bonds. The summed E-state index contributed by atoms with van der Waals surface area (Å²) in [6.07, 6.45) is -15.6. The number of nitrogens with zero attached hydrogens (tertiary/aromatic N) is 2. The fraction of sp³-hybridized carbons (Fsp3) is 0.238. The number of hydrogen-bond acceptors (Lipinski definition) is 3. The number of carbonyl (C=O) groups excluding carboxylic acids is 1. The highest BCUT2D eigenvalue weighted by atomic mass is 19.4. The Hall–Kier alpha value is -3.55. The molecule has 0 spiro atoms. The van der Waals surface area contributed by atoms with Gasteiger partial charge in [0.1, 0.15) is 5.69 Å². The van der Waals surface area contributed by atoms with Crippen molar-refractivity contribution in [1.82, 2.24) is 9.78 Å². The van der Waals surface area contributed by atoms with Crippen LogP contribution in [-0.2, 0) is 27.5 Å². The van der Waals surface area contributed by atoms with Gasteiger partial charge in [-0.15, -0.1) is 0 Å². The third-order valence-corrected chi connectivity index (χ3v) is 4.87. The fourth-order valence-corrected chi connectivity index (χ4v) is 3.25. The SMILES string of the molecule is COC(C(=O)Nc1ccc(-n2nc(C(F)(F)F)cc2C(F)(F)F)cc1)(c1ccccc1)C(F)(F)F. The lowest BCUT2D eigenvalue weighted by molar-refractivity contribution is -0.263. The lowest BCUT2D eigenvalue weighted by atomic mass is 9.91. The largest absolute Gasteiger partial charge is 0.435 e. The Morgan fingerprint density at radius 3 is 1.89 bits per heavy atom. The van der Waals surface area contributed by atoms with E-state index in [0.717, 1.165) is 36.4 Å². The van der Waals surface area contributed by atoms with Crippen molar-refractivity contribution in [2.45, 2.75) is 24.1 Å². The maximum Gasteiger partial charge on any atom is 0.435 e. The second-order valence-corrected chi connectivity index (χ2v) is 7.07. The molecule has 188 valence electrons. The molecule has 14 heteroatoms. The van der Waals surface area contributed by atoms with Crippen LogP contribution >= 0.6 is 0 Å². The molecule has 3 aromatic rings. The van der Waals surface area contributed by atoms with E-state index >= 15 is 0 Å². The van der Waals surface area contributed by atoms with E-state index in [4.69, 9.17) is 0 Å². The molecule has 0 saturated carbocycles. The van der Waals surface area contributed by atoms with Gasteiger partial charge in [0, 0.05) is 24.4 Å². The Labute approximate surface area is 191 Å². The van der Waals surface area contributed by atoms with Crippen molar-refractivity contribution >= 4 is 11.6 Å². The summed E-state index contributed by atoms with van der Waals surface area (Å²) in [5, 5.41) is 4.92. The molecule has 0 fully saturated rings. The number of rotatable bonds is 5. The lowest BCUT2D eigenvalue weighted by Gasteiger charge is -2.33. The van der Waals surface area contributed by atoms with E-state index in [1.54, 1.807) is 0 Å². The molecular weight excluding hydrogens is 497 g/mol. The molecule has 0 aliphatic rings. The third kappa shape index (κ3) is 4.97. The second kappa shape index (κ2) is 8.91. The molecule has 0 aliphatic heterocycles. The van der Waals surface area contributed by atoms with E-state index in [0.29, 0.717) is 7.11 Å². The maximum absolute atomic E-state index is 14.0. The summed E-state index contributed by atoms with van der Waals surface area (Å²) in [5.74, 6) is -1.65. The predicted molar refractivity (Wildman–Crippen MR) is 103 cm³/mol. The van der Waals surface area contributed by atoms with Gasteiger partial charge in [-0.2, -0.15) is 44.6 Å². The zero-order chi connectivity index (χ0) is 26.2. The van der Waals surface area contributed by atoms with Crippen LogP contribution < -0.4 is 5.32 Å². The van der Waals surface area contributed by atoms with Crippen molar-refractivity contribution in [2.24, 2.45) is 0 Å². The minimum atomic E-state index is -5.21. The average Bonchev–Trinajstić information content (AvgIpc) is 3.22. The van der Waals surface area contributed by atoms with Gasteiger partial charge in [0.2, 0.25) is 0 Å². The monoisotopic (exact) mass is 511 g/mol. The summed E-state index contributed by atoms with van der Waals surface area (Å²) in [5.41, 5.74) is -8.24. The first-order valence-electron chi connectivity index (χ1n) is 9.45. The Morgan fingerprint density at radius 2 is 1.43 bits per heavy atom. The van der Waals surface area contributed by atoms with E-state index in [2.05, 4.69) is 9.84 Å². The quantitative estimate of drug-likeness (QED) is 0.431. The molecule has 0 bridgehead atoms.